The molecule has 0 aliphatic carbocycles. The minimum Gasteiger partial charge on any atom is -0.341 e. The molecule has 4 nitrogen and oxygen atoms in total. The van der Waals surface area contributed by atoms with Crippen LogP contribution < -0.4 is 0 Å². The minimum absolute atomic E-state index is 0.0379. The summed E-state index contributed by atoms with van der Waals surface area (Å²) in [5.41, 5.74) is -0.265. The lowest BCUT2D eigenvalue weighted by molar-refractivity contribution is 0.0745. The van der Waals surface area contributed by atoms with Crippen molar-refractivity contribution in [3.8, 4) is 0 Å². The van der Waals surface area contributed by atoms with Crippen LogP contribution in [-0.2, 0) is 9.05 Å². The largest absolute Gasteiger partial charge is 0.341 e. The number of benzene rings is 1. The molecule has 21 heavy (non-hydrogen) atoms. The summed E-state index contributed by atoms with van der Waals surface area (Å²) in [6, 6.07) is 2.14. The van der Waals surface area contributed by atoms with E-state index in [9.17, 15) is 17.6 Å². The maximum atomic E-state index is 13.8. The summed E-state index contributed by atoms with van der Waals surface area (Å²) in [6.07, 6.45) is 0. The Labute approximate surface area is 129 Å². The maximum Gasteiger partial charge on any atom is 0.261 e. The first-order chi connectivity index (χ1) is 9.33. The van der Waals surface area contributed by atoms with Crippen molar-refractivity contribution in [3.63, 3.8) is 0 Å². The van der Waals surface area contributed by atoms with Gasteiger partial charge in [-0.05, 0) is 24.5 Å². The molecule has 118 valence electrons. The van der Waals surface area contributed by atoms with Gasteiger partial charge in [0.25, 0.3) is 15.0 Å². The minimum atomic E-state index is -4.11. The molecule has 0 fully saturated rings. The van der Waals surface area contributed by atoms with Crippen LogP contribution in [0.1, 0.15) is 36.7 Å². The number of carbonyl (C=O) groups is 1. The zero-order chi connectivity index (χ0) is 16.6. The van der Waals surface area contributed by atoms with Crippen molar-refractivity contribution in [1.29, 1.82) is 0 Å². The fourth-order valence-electron chi connectivity index (χ4n) is 2.03. The summed E-state index contributed by atoms with van der Waals surface area (Å²) in [5.74, 6) is -1.23. The van der Waals surface area contributed by atoms with Crippen molar-refractivity contribution in [2.75, 3.05) is 13.6 Å². The number of hydrogen-bond acceptors (Lipinski definition) is 3. The zero-order valence-corrected chi connectivity index (χ0v) is 14.3. The number of carbonyl (C=O) groups excluding carboxylic acids is 1. The van der Waals surface area contributed by atoms with E-state index < -0.39 is 20.8 Å². The summed E-state index contributed by atoms with van der Waals surface area (Å²) >= 11 is 0. The highest BCUT2D eigenvalue weighted by Gasteiger charge is 2.23. The molecule has 1 amide bonds. The molecule has 1 aromatic rings. The van der Waals surface area contributed by atoms with Gasteiger partial charge < -0.3 is 4.90 Å². The Kier molecular flexibility index (Phi) is 5.05. The van der Waals surface area contributed by atoms with Gasteiger partial charge in [0, 0.05) is 35.4 Å². The second kappa shape index (κ2) is 5.93. The average molecular weight is 336 g/mol. The number of nitrogens with zero attached hydrogens (tertiary/aromatic N) is 1. The van der Waals surface area contributed by atoms with Gasteiger partial charge >= 0.3 is 0 Å². The van der Waals surface area contributed by atoms with Crippen LogP contribution in [0.25, 0.3) is 0 Å². The summed E-state index contributed by atoms with van der Waals surface area (Å²) in [4.78, 5) is 13.3. The predicted molar refractivity (Wildman–Crippen MR) is 80.6 cm³/mol. The highest BCUT2D eigenvalue weighted by Crippen LogP contribution is 2.25. The second-order valence-corrected chi connectivity index (χ2v) is 8.78. The Morgan fingerprint density at radius 2 is 1.86 bits per heavy atom. The summed E-state index contributed by atoms with van der Waals surface area (Å²) in [6.45, 7) is 7.63. The third kappa shape index (κ3) is 4.68. The van der Waals surface area contributed by atoms with Gasteiger partial charge in [-0.25, -0.2) is 12.8 Å². The SMILES string of the molecule is Cc1c(F)cc(C(=O)N(C)CC(C)(C)C)cc1S(=O)(=O)Cl. The first-order valence-corrected chi connectivity index (χ1v) is 8.64. The smallest absolute Gasteiger partial charge is 0.261 e. The number of hydrogen-bond donors (Lipinski definition) is 0. The first-order valence-electron chi connectivity index (χ1n) is 6.33. The lowest BCUT2D eigenvalue weighted by Crippen LogP contribution is -2.34. The van der Waals surface area contributed by atoms with Gasteiger partial charge in [0.05, 0.1) is 4.90 Å². The van der Waals surface area contributed by atoms with E-state index >= 15 is 0 Å². The van der Waals surface area contributed by atoms with Gasteiger partial charge in [0.2, 0.25) is 0 Å². The van der Waals surface area contributed by atoms with Crippen LogP contribution in [0.4, 0.5) is 4.39 Å². The Balaban J connectivity index is 3.27. The van der Waals surface area contributed by atoms with Crippen LogP contribution in [0.5, 0.6) is 0 Å². The van der Waals surface area contributed by atoms with Crippen LogP contribution >= 0.6 is 10.7 Å². The molecule has 0 aliphatic rings. The molecule has 0 saturated heterocycles. The van der Waals surface area contributed by atoms with Gasteiger partial charge in [0.1, 0.15) is 5.82 Å². The predicted octanol–water partition coefficient (Wildman–Crippen LogP) is 3.18. The molecule has 0 saturated carbocycles. The molecule has 0 bridgehead atoms. The topological polar surface area (TPSA) is 54.5 Å². The van der Waals surface area contributed by atoms with Crippen molar-refractivity contribution < 1.29 is 17.6 Å². The second-order valence-electron chi connectivity index (χ2n) is 6.24. The van der Waals surface area contributed by atoms with E-state index in [2.05, 4.69) is 0 Å². The standard InChI is InChI=1S/C14H19ClFNO3S/c1-9-11(16)6-10(7-12(9)21(15,19)20)13(18)17(5)8-14(2,3)4/h6-7H,8H2,1-5H3. The highest BCUT2D eigenvalue weighted by molar-refractivity contribution is 8.13. The van der Waals surface area contributed by atoms with Gasteiger partial charge in [-0.15, -0.1) is 0 Å². The van der Waals surface area contributed by atoms with Crippen molar-refractivity contribution in [2.45, 2.75) is 32.6 Å². The molecular weight excluding hydrogens is 317 g/mol. The summed E-state index contributed by atoms with van der Waals surface area (Å²) in [5, 5.41) is 0. The number of rotatable bonds is 3. The quantitative estimate of drug-likeness (QED) is 0.797. The van der Waals surface area contributed by atoms with Gasteiger partial charge in [-0.1, -0.05) is 20.8 Å². The Hall–Kier alpha value is -1.14. The highest BCUT2D eigenvalue weighted by atomic mass is 35.7. The van der Waals surface area contributed by atoms with E-state index in [1.807, 2.05) is 20.8 Å². The lowest BCUT2D eigenvalue weighted by atomic mass is 9.96. The number of halogens is 2. The van der Waals surface area contributed by atoms with Crippen molar-refractivity contribution in [1.82, 2.24) is 4.90 Å². The van der Waals surface area contributed by atoms with Crippen LogP contribution in [0.15, 0.2) is 17.0 Å². The van der Waals surface area contributed by atoms with E-state index in [4.69, 9.17) is 10.7 Å². The normalized spacial score (nSPS) is 12.3. The Morgan fingerprint density at radius 3 is 2.29 bits per heavy atom. The molecule has 0 unspecified atom stereocenters. The lowest BCUT2D eigenvalue weighted by Gasteiger charge is -2.26. The maximum absolute atomic E-state index is 13.8. The van der Waals surface area contributed by atoms with Crippen LogP contribution in [0.3, 0.4) is 0 Å². The fourth-order valence-corrected chi connectivity index (χ4v) is 3.25. The van der Waals surface area contributed by atoms with E-state index in [0.29, 0.717) is 6.54 Å². The summed E-state index contributed by atoms with van der Waals surface area (Å²) < 4.78 is 36.7. The molecule has 0 aliphatic heterocycles. The molecule has 1 rings (SSSR count). The van der Waals surface area contributed by atoms with Crippen molar-refractivity contribution >= 4 is 25.6 Å². The van der Waals surface area contributed by atoms with Crippen LogP contribution in [-0.4, -0.2) is 32.8 Å². The summed E-state index contributed by atoms with van der Waals surface area (Å²) in [7, 11) is 2.75. The van der Waals surface area contributed by atoms with Crippen molar-refractivity contribution in [3.05, 3.63) is 29.1 Å². The molecule has 0 N–H and O–H groups in total. The third-order valence-electron chi connectivity index (χ3n) is 2.86. The first kappa shape index (κ1) is 17.9. The molecule has 0 aromatic heterocycles. The molecule has 0 radical (unpaired) electrons. The molecule has 7 heteroatoms. The molecular formula is C14H19ClFNO3S. The molecule has 0 atom stereocenters. The van der Waals surface area contributed by atoms with Crippen molar-refractivity contribution in [2.24, 2.45) is 5.41 Å². The Morgan fingerprint density at radius 1 is 1.33 bits per heavy atom. The molecule has 0 heterocycles. The molecule has 1 aromatic carbocycles. The van der Waals surface area contributed by atoms with Crippen LogP contribution in [0, 0.1) is 18.2 Å². The molecule has 0 spiro atoms. The van der Waals surface area contributed by atoms with E-state index in [-0.39, 0.29) is 21.4 Å². The number of amides is 1. The fraction of sp³-hybridized carbons (Fsp3) is 0.500. The van der Waals surface area contributed by atoms with Gasteiger partial charge in [-0.3, -0.25) is 4.79 Å². The van der Waals surface area contributed by atoms with E-state index in [1.54, 1.807) is 7.05 Å². The Bertz CT molecular complexity index is 666. The monoisotopic (exact) mass is 335 g/mol. The van der Waals surface area contributed by atoms with E-state index in [1.165, 1.54) is 11.8 Å². The van der Waals surface area contributed by atoms with Gasteiger partial charge in [0.15, 0.2) is 0 Å². The van der Waals surface area contributed by atoms with Gasteiger partial charge in [-0.2, -0.15) is 0 Å². The average Bonchev–Trinajstić information content (AvgIpc) is 2.27. The zero-order valence-electron chi connectivity index (χ0n) is 12.7. The van der Waals surface area contributed by atoms with E-state index in [0.717, 1.165) is 12.1 Å². The third-order valence-corrected chi connectivity index (χ3v) is 4.31. The van der Waals surface area contributed by atoms with Crippen LogP contribution in [0.2, 0.25) is 0 Å².